The second kappa shape index (κ2) is 8.29. The molecule has 1 aromatic heterocycles. The van der Waals surface area contributed by atoms with E-state index >= 15 is 0 Å². The molecule has 0 atom stereocenters. The fourth-order valence-electron chi connectivity index (χ4n) is 3.40. The van der Waals surface area contributed by atoms with E-state index in [1.165, 1.54) is 35.6 Å². The molecule has 4 rings (SSSR count). The summed E-state index contributed by atoms with van der Waals surface area (Å²) in [5, 5.41) is 9.86. The first kappa shape index (κ1) is 19.5. The fraction of sp³-hybridized carbons (Fsp3) is 0.526. The van der Waals surface area contributed by atoms with E-state index in [-0.39, 0.29) is 18.2 Å². The lowest BCUT2D eigenvalue weighted by Gasteiger charge is -2.19. The summed E-state index contributed by atoms with van der Waals surface area (Å²) in [4.78, 5) is 16.4. The van der Waals surface area contributed by atoms with Crippen LogP contribution in [-0.4, -0.2) is 51.5 Å². The minimum atomic E-state index is -0.400. The second-order valence-electron chi connectivity index (χ2n) is 7.32. The van der Waals surface area contributed by atoms with Crippen LogP contribution in [0, 0.1) is 5.82 Å². The summed E-state index contributed by atoms with van der Waals surface area (Å²) in [7, 11) is 1.66. The van der Waals surface area contributed by atoms with Crippen molar-refractivity contribution < 1.29 is 9.18 Å². The van der Waals surface area contributed by atoms with Crippen molar-refractivity contribution >= 4 is 35.2 Å². The lowest BCUT2D eigenvalue weighted by atomic mass is 10.2. The molecule has 1 saturated carbocycles. The van der Waals surface area contributed by atoms with Gasteiger partial charge in [0.1, 0.15) is 5.82 Å². The summed E-state index contributed by atoms with van der Waals surface area (Å²) >= 11 is 7.46. The maximum Gasteiger partial charge on any atom is 0.233 e. The average molecular weight is 424 g/mol. The smallest absolute Gasteiger partial charge is 0.233 e. The van der Waals surface area contributed by atoms with Gasteiger partial charge in [0.15, 0.2) is 5.16 Å². The lowest BCUT2D eigenvalue weighted by molar-refractivity contribution is -0.127. The highest BCUT2D eigenvalue weighted by molar-refractivity contribution is 7.99. The second-order valence-corrected chi connectivity index (χ2v) is 8.67. The summed E-state index contributed by atoms with van der Waals surface area (Å²) in [5.41, 5.74) is 0.336. The van der Waals surface area contributed by atoms with E-state index in [2.05, 4.69) is 19.7 Å². The van der Waals surface area contributed by atoms with Gasteiger partial charge in [0.25, 0.3) is 0 Å². The molecule has 2 fully saturated rings. The minimum absolute atomic E-state index is 0.0996. The van der Waals surface area contributed by atoms with Gasteiger partial charge < -0.3 is 9.80 Å². The number of hydrogen-bond donors (Lipinski definition) is 0. The molecule has 0 radical (unpaired) electrons. The first-order chi connectivity index (χ1) is 13.5. The third-order valence-corrected chi connectivity index (χ3v) is 6.44. The van der Waals surface area contributed by atoms with Gasteiger partial charge in [-0.15, -0.1) is 10.2 Å². The first-order valence-electron chi connectivity index (χ1n) is 9.54. The zero-order valence-corrected chi connectivity index (χ0v) is 17.3. The zero-order valence-electron chi connectivity index (χ0n) is 15.8. The van der Waals surface area contributed by atoms with Gasteiger partial charge in [-0.1, -0.05) is 29.4 Å². The molecule has 1 amide bonds. The number of carbonyl (C=O) groups excluding carboxylic acids is 1. The van der Waals surface area contributed by atoms with Crippen molar-refractivity contribution in [3.05, 3.63) is 34.6 Å². The van der Waals surface area contributed by atoms with Gasteiger partial charge in [-0.3, -0.25) is 9.36 Å². The van der Waals surface area contributed by atoms with Gasteiger partial charge in [0.05, 0.1) is 5.75 Å². The largest absolute Gasteiger partial charge is 0.341 e. The molecule has 1 aliphatic heterocycles. The molecular weight excluding hydrogens is 401 g/mol. The number of thioether (sulfide) groups is 1. The van der Waals surface area contributed by atoms with E-state index < -0.39 is 5.82 Å². The van der Waals surface area contributed by atoms with Crippen LogP contribution in [0.4, 0.5) is 10.3 Å². The Labute approximate surface area is 173 Å². The Hall–Kier alpha value is -1.80. The molecule has 0 spiro atoms. The highest BCUT2D eigenvalue weighted by Gasteiger charge is 2.32. The quantitative estimate of drug-likeness (QED) is 0.635. The Balaban J connectivity index is 1.41. The number of benzene rings is 1. The number of nitrogens with zero attached hydrogens (tertiary/aromatic N) is 5. The van der Waals surface area contributed by atoms with Crippen LogP contribution in [0.25, 0.3) is 0 Å². The van der Waals surface area contributed by atoms with Gasteiger partial charge in [0.2, 0.25) is 11.9 Å². The van der Waals surface area contributed by atoms with Gasteiger partial charge in [0, 0.05) is 43.3 Å². The standard InChI is InChI=1S/C19H23ClFN5OS/c1-24(11-14-15(20)5-4-6-16(14)21)17(27)12-28-19-23-22-18(25-9-2-3-10-25)26(19)13-7-8-13/h4-6,13H,2-3,7-12H2,1H3. The third kappa shape index (κ3) is 4.12. The molecule has 2 heterocycles. The number of anilines is 1. The van der Waals surface area contributed by atoms with Crippen LogP contribution in [0.3, 0.4) is 0 Å². The average Bonchev–Trinajstić information content (AvgIpc) is 3.20. The van der Waals surface area contributed by atoms with E-state index in [1.807, 2.05) is 0 Å². The number of hydrogen-bond acceptors (Lipinski definition) is 5. The summed E-state index contributed by atoms with van der Waals surface area (Å²) < 4.78 is 16.2. The Bertz CT molecular complexity index is 846. The van der Waals surface area contributed by atoms with Gasteiger partial charge in [-0.05, 0) is 37.8 Å². The lowest BCUT2D eigenvalue weighted by Crippen LogP contribution is -2.28. The molecule has 0 unspecified atom stereocenters. The summed E-state index contributed by atoms with van der Waals surface area (Å²) in [6.45, 7) is 2.17. The van der Waals surface area contributed by atoms with Crippen molar-refractivity contribution in [1.29, 1.82) is 0 Å². The van der Waals surface area contributed by atoms with Crippen LogP contribution in [-0.2, 0) is 11.3 Å². The van der Waals surface area contributed by atoms with Crippen molar-refractivity contribution in [3.8, 4) is 0 Å². The molecule has 2 aliphatic rings. The van der Waals surface area contributed by atoms with E-state index in [9.17, 15) is 9.18 Å². The van der Waals surface area contributed by atoms with E-state index in [1.54, 1.807) is 19.2 Å². The molecule has 1 saturated heterocycles. The number of aromatic nitrogens is 3. The number of halogens is 2. The van der Waals surface area contributed by atoms with E-state index in [4.69, 9.17) is 11.6 Å². The summed E-state index contributed by atoms with van der Waals surface area (Å²) in [6, 6.07) is 4.98. The fourth-order valence-corrected chi connectivity index (χ4v) is 4.56. The van der Waals surface area contributed by atoms with Crippen molar-refractivity contribution in [2.24, 2.45) is 0 Å². The normalized spacial score (nSPS) is 16.6. The van der Waals surface area contributed by atoms with Gasteiger partial charge in [-0.2, -0.15) is 0 Å². The molecule has 1 aromatic carbocycles. The zero-order chi connectivity index (χ0) is 19.7. The molecule has 6 nitrogen and oxygen atoms in total. The molecule has 2 aromatic rings. The van der Waals surface area contributed by atoms with Crippen LogP contribution in [0.2, 0.25) is 5.02 Å². The minimum Gasteiger partial charge on any atom is -0.341 e. The SMILES string of the molecule is CN(Cc1c(F)cccc1Cl)C(=O)CSc1nnc(N2CCCC2)n1C1CC1. The predicted molar refractivity (Wildman–Crippen MR) is 108 cm³/mol. The van der Waals surface area contributed by atoms with Crippen molar-refractivity contribution in [2.75, 3.05) is 30.8 Å². The van der Waals surface area contributed by atoms with Crippen LogP contribution < -0.4 is 4.90 Å². The predicted octanol–water partition coefficient (Wildman–Crippen LogP) is 3.76. The molecule has 28 heavy (non-hydrogen) atoms. The summed E-state index contributed by atoms with van der Waals surface area (Å²) in [5.74, 6) is 0.662. The van der Waals surface area contributed by atoms with E-state index in [0.717, 1.165) is 37.0 Å². The Kier molecular flexibility index (Phi) is 5.78. The van der Waals surface area contributed by atoms with Crippen LogP contribution >= 0.6 is 23.4 Å². The Morgan fingerprint density at radius 1 is 1.32 bits per heavy atom. The van der Waals surface area contributed by atoms with Crippen molar-refractivity contribution in [2.45, 2.75) is 43.4 Å². The Morgan fingerprint density at radius 2 is 2.07 bits per heavy atom. The monoisotopic (exact) mass is 423 g/mol. The van der Waals surface area contributed by atoms with Crippen LogP contribution in [0.1, 0.15) is 37.3 Å². The number of rotatable bonds is 7. The summed E-state index contributed by atoms with van der Waals surface area (Å²) in [6.07, 6.45) is 4.63. The molecule has 0 bridgehead atoms. The Morgan fingerprint density at radius 3 is 2.75 bits per heavy atom. The van der Waals surface area contributed by atoms with Crippen LogP contribution in [0.5, 0.6) is 0 Å². The molecule has 9 heteroatoms. The number of carbonyl (C=O) groups is 1. The van der Waals surface area contributed by atoms with E-state index in [0.29, 0.717) is 16.6 Å². The first-order valence-corrected chi connectivity index (χ1v) is 10.9. The third-order valence-electron chi connectivity index (χ3n) is 5.15. The van der Waals surface area contributed by atoms with Crippen molar-refractivity contribution in [3.63, 3.8) is 0 Å². The topological polar surface area (TPSA) is 54.3 Å². The van der Waals surface area contributed by atoms with Crippen LogP contribution in [0.15, 0.2) is 23.4 Å². The van der Waals surface area contributed by atoms with Gasteiger partial charge >= 0.3 is 0 Å². The maximum atomic E-state index is 14.0. The molecule has 1 aliphatic carbocycles. The molecular formula is C19H23ClFN5OS. The maximum absolute atomic E-state index is 14.0. The van der Waals surface area contributed by atoms with Gasteiger partial charge in [-0.25, -0.2) is 4.39 Å². The molecule has 0 N–H and O–H groups in total. The molecule has 150 valence electrons. The number of amides is 1. The highest BCUT2D eigenvalue weighted by atomic mass is 35.5. The highest BCUT2D eigenvalue weighted by Crippen LogP contribution is 2.41. The van der Waals surface area contributed by atoms with Crippen molar-refractivity contribution in [1.82, 2.24) is 19.7 Å².